The van der Waals surface area contributed by atoms with Crippen molar-refractivity contribution in [3.63, 3.8) is 0 Å². The summed E-state index contributed by atoms with van der Waals surface area (Å²) in [5, 5.41) is 0. The zero-order chi connectivity index (χ0) is 19.4. The quantitative estimate of drug-likeness (QED) is 0.626. The van der Waals surface area contributed by atoms with Crippen molar-refractivity contribution in [3.05, 3.63) is 89.7 Å². The first-order valence-electron chi connectivity index (χ1n) is 8.38. The minimum absolute atomic E-state index is 0.0731. The Labute approximate surface area is 158 Å². The Morgan fingerprint density at radius 3 is 2.22 bits per heavy atom. The fourth-order valence-electron chi connectivity index (χ4n) is 2.67. The molecule has 6 heteroatoms. The maximum Gasteiger partial charge on any atom is 0.264 e. The Hall–Kier alpha value is -2.86. The summed E-state index contributed by atoms with van der Waals surface area (Å²) < 4.78 is 47.0. The van der Waals surface area contributed by atoms with Crippen LogP contribution in [0.5, 0.6) is 5.75 Å². The SMILES string of the molecule is COc1ccc(CN(c2ccc(C)c(F)c2)S(=O)(=O)c2ccccc2)cc1. The van der Waals surface area contributed by atoms with Crippen molar-refractivity contribution >= 4 is 15.7 Å². The lowest BCUT2D eigenvalue weighted by molar-refractivity contribution is 0.414. The molecular weight excluding hydrogens is 365 g/mol. The third kappa shape index (κ3) is 4.11. The summed E-state index contributed by atoms with van der Waals surface area (Å²) in [6, 6.07) is 19.7. The highest BCUT2D eigenvalue weighted by molar-refractivity contribution is 7.92. The van der Waals surface area contributed by atoms with E-state index in [4.69, 9.17) is 4.74 Å². The van der Waals surface area contributed by atoms with E-state index >= 15 is 0 Å². The van der Waals surface area contributed by atoms with Gasteiger partial charge in [-0.2, -0.15) is 0 Å². The molecular formula is C21H20FNO3S. The van der Waals surface area contributed by atoms with Gasteiger partial charge in [0, 0.05) is 0 Å². The Kier molecular flexibility index (Phi) is 5.46. The van der Waals surface area contributed by atoms with Crippen LogP contribution >= 0.6 is 0 Å². The van der Waals surface area contributed by atoms with Crippen LogP contribution in [0.25, 0.3) is 0 Å². The van der Waals surface area contributed by atoms with Gasteiger partial charge in [0.15, 0.2) is 0 Å². The van der Waals surface area contributed by atoms with Crippen molar-refractivity contribution in [2.24, 2.45) is 0 Å². The number of anilines is 1. The van der Waals surface area contributed by atoms with Crippen LogP contribution < -0.4 is 9.04 Å². The second-order valence-corrected chi connectivity index (χ2v) is 7.97. The fraction of sp³-hybridized carbons (Fsp3) is 0.143. The van der Waals surface area contributed by atoms with Crippen LogP contribution in [0.2, 0.25) is 0 Å². The molecule has 4 nitrogen and oxygen atoms in total. The van der Waals surface area contributed by atoms with E-state index in [0.29, 0.717) is 11.3 Å². The minimum Gasteiger partial charge on any atom is -0.497 e. The molecule has 0 amide bonds. The molecule has 0 fully saturated rings. The van der Waals surface area contributed by atoms with Crippen molar-refractivity contribution in [2.45, 2.75) is 18.4 Å². The molecule has 3 aromatic rings. The summed E-state index contributed by atoms with van der Waals surface area (Å²) in [7, 11) is -2.30. The highest BCUT2D eigenvalue weighted by atomic mass is 32.2. The van der Waals surface area contributed by atoms with Crippen LogP contribution in [0.3, 0.4) is 0 Å². The minimum atomic E-state index is -3.86. The van der Waals surface area contributed by atoms with E-state index < -0.39 is 15.8 Å². The van der Waals surface area contributed by atoms with Crippen molar-refractivity contribution in [1.29, 1.82) is 0 Å². The molecule has 0 N–H and O–H groups in total. The molecule has 0 heterocycles. The molecule has 0 aliphatic heterocycles. The van der Waals surface area contributed by atoms with Gasteiger partial charge in [0.25, 0.3) is 10.0 Å². The molecule has 27 heavy (non-hydrogen) atoms. The Morgan fingerprint density at radius 2 is 1.63 bits per heavy atom. The van der Waals surface area contributed by atoms with Gasteiger partial charge in [0.2, 0.25) is 0 Å². The van der Waals surface area contributed by atoms with Crippen LogP contribution in [-0.2, 0) is 16.6 Å². The van der Waals surface area contributed by atoms with Gasteiger partial charge in [0.05, 0.1) is 24.2 Å². The van der Waals surface area contributed by atoms with Gasteiger partial charge in [-0.25, -0.2) is 12.8 Å². The van der Waals surface area contributed by atoms with Gasteiger partial charge in [-0.15, -0.1) is 0 Å². The highest BCUT2D eigenvalue weighted by Gasteiger charge is 2.25. The zero-order valence-corrected chi connectivity index (χ0v) is 15.9. The number of sulfonamides is 1. The van der Waals surface area contributed by atoms with Gasteiger partial charge in [-0.1, -0.05) is 36.4 Å². The number of benzene rings is 3. The summed E-state index contributed by atoms with van der Waals surface area (Å²) in [6.07, 6.45) is 0. The molecule has 3 rings (SSSR count). The second-order valence-electron chi connectivity index (χ2n) is 6.11. The van der Waals surface area contributed by atoms with Gasteiger partial charge >= 0.3 is 0 Å². The van der Waals surface area contributed by atoms with Gasteiger partial charge in [-0.05, 0) is 54.4 Å². The average Bonchev–Trinajstić information content (AvgIpc) is 2.69. The molecule has 0 bridgehead atoms. The Balaban J connectivity index is 2.06. The lowest BCUT2D eigenvalue weighted by atomic mass is 10.2. The summed E-state index contributed by atoms with van der Waals surface area (Å²) in [5.74, 6) is 0.230. The van der Waals surface area contributed by atoms with E-state index in [1.54, 1.807) is 68.6 Å². The van der Waals surface area contributed by atoms with Crippen molar-refractivity contribution in [3.8, 4) is 5.75 Å². The van der Waals surface area contributed by atoms with Crippen LogP contribution in [0.1, 0.15) is 11.1 Å². The summed E-state index contributed by atoms with van der Waals surface area (Å²) in [4.78, 5) is 0.152. The van der Waals surface area contributed by atoms with Crippen LogP contribution in [0.4, 0.5) is 10.1 Å². The molecule has 0 aliphatic carbocycles. The van der Waals surface area contributed by atoms with Crippen LogP contribution in [-0.4, -0.2) is 15.5 Å². The van der Waals surface area contributed by atoms with Crippen LogP contribution in [0.15, 0.2) is 77.7 Å². The fourth-order valence-corrected chi connectivity index (χ4v) is 4.13. The Bertz CT molecular complexity index is 1020. The van der Waals surface area contributed by atoms with Crippen molar-refractivity contribution < 1.29 is 17.5 Å². The molecule has 0 unspecified atom stereocenters. The maximum absolute atomic E-state index is 14.1. The average molecular weight is 385 g/mol. The predicted octanol–water partition coefficient (Wildman–Crippen LogP) is 4.54. The molecule has 0 saturated carbocycles. The van der Waals surface area contributed by atoms with Gasteiger partial charge < -0.3 is 4.74 Å². The predicted molar refractivity (Wildman–Crippen MR) is 104 cm³/mol. The molecule has 0 aliphatic rings. The highest BCUT2D eigenvalue weighted by Crippen LogP contribution is 2.28. The molecule has 0 spiro atoms. The number of ether oxygens (including phenoxy) is 1. The van der Waals surface area contributed by atoms with Crippen molar-refractivity contribution in [2.75, 3.05) is 11.4 Å². The molecule has 140 valence electrons. The molecule has 0 saturated heterocycles. The van der Waals surface area contributed by atoms with Gasteiger partial charge in [-0.3, -0.25) is 4.31 Å². The smallest absolute Gasteiger partial charge is 0.264 e. The lowest BCUT2D eigenvalue weighted by Crippen LogP contribution is -2.30. The van der Waals surface area contributed by atoms with E-state index in [1.807, 2.05) is 0 Å². The summed E-state index contributed by atoms with van der Waals surface area (Å²) >= 11 is 0. The molecule has 0 atom stereocenters. The number of rotatable bonds is 6. The first kappa shape index (κ1) is 18.9. The second kappa shape index (κ2) is 7.80. The van der Waals surface area contributed by atoms with E-state index in [-0.39, 0.29) is 17.1 Å². The number of halogens is 1. The standard InChI is InChI=1S/C21H20FNO3S/c1-16-8-11-18(14-21(16)22)23(15-17-9-12-19(26-2)13-10-17)27(24,25)20-6-4-3-5-7-20/h3-14H,15H2,1-2H3. The van der Waals surface area contributed by atoms with E-state index in [0.717, 1.165) is 5.56 Å². The first-order chi connectivity index (χ1) is 12.9. The van der Waals surface area contributed by atoms with E-state index in [9.17, 15) is 12.8 Å². The molecule has 0 aromatic heterocycles. The Morgan fingerprint density at radius 1 is 0.963 bits per heavy atom. The third-order valence-corrected chi connectivity index (χ3v) is 6.05. The molecule has 3 aromatic carbocycles. The maximum atomic E-state index is 14.1. The number of hydrogen-bond donors (Lipinski definition) is 0. The van der Waals surface area contributed by atoms with Crippen LogP contribution in [0, 0.1) is 12.7 Å². The number of methoxy groups -OCH3 is 1. The van der Waals surface area contributed by atoms with Gasteiger partial charge in [0.1, 0.15) is 11.6 Å². The topological polar surface area (TPSA) is 46.6 Å². The molecule has 0 radical (unpaired) electrons. The third-order valence-electron chi connectivity index (χ3n) is 4.26. The van der Waals surface area contributed by atoms with Crippen molar-refractivity contribution in [1.82, 2.24) is 0 Å². The van der Waals surface area contributed by atoms with E-state index in [1.165, 1.54) is 22.5 Å². The summed E-state index contributed by atoms with van der Waals surface area (Å²) in [6.45, 7) is 1.71. The largest absolute Gasteiger partial charge is 0.497 e. The monoisotopic (exact) mass is 385 g/mol. The lowest BCUT2D eigenvalue weighted by Gasteiger charge is -2.25. The zero-order valence-electron chi connectivity index (χ0n) is 15.1. The normalized spacial score (nSPS) is 11.2. The van der Waals surface area contributed by atoms with E-state index in [2.05, 4.69) is 0 Å². The number of nitrogens with zero attached hydrogens (tertiary/aromatic N) is 1. The first-order valence-corrected chi connectivity index (χ1v) is 9.82. The number of hydrogen-bond acceptors (Lipinski definition) is 3. The number of aryl methyl sites for hydroxylation is 1. The summed E-state index contributed by atoms with van der Waals surface area (Å²) in [5.41, 5.74) is 1.49.